The third-order valence-electron chi connectivity index (χ3n) is 4.27. The predicted octanol–water partition coefficient (Wildman–Crippen LogP) is 4.05. The minimum atomic E-state index is 0.499. The first-order valence-corrected chi connectivity index (χ1v) is 8.45. The molecule has 0 amide bonds. The fraction of sp³-hybridized carbons (Fsp3) is 0.316. The van der Waals surface area contributed by atoms with Crippen LogP contribution in [-0.4, -0.2) is 36.1 Å². The van der Waals surface area contributed by atoms with Crippen LogP contribution in [-0.2, 0) is 0 Å². The topological polar surface area (TPSA) is 50.5 Å². The first kappa shape index (κ1) is 15.0. The third kappa shape index (κ3) is 3.51. The van der Waals surface area contributed by atoms with Crippen molar-refractivity contribution in [2.24, 2.45) is 0 Å². The lowest BCUT2D eigenvalue weighted by atomic mass is 10.3. The van der Waals surface area contributed by atoms with Crippen LogP contribution >= 0.6 is 0 Å². The van der Waals surface area contributed by atoms with Crippen molar-refractivity contribution in [3.05, 3.63) is 48.5 Å². The SMILES string of the molecule is c1ccc2oc(Nc3ccc(OCCN4CCCC4)cc3)nc2c1. The van der Waals surface area contributed by atoms with E-state index in [1.54, 1.807) is 0 Å². The highest BCUT2D eigenvalue weighted by molar-refractivity contribution is 5.75. The van der Waals surface area contributed by atoms with Gasteiger partial charge in [-0.05, 0) is 62.3 Å². The lowest BCUT2D eigenvalue weighted by Crippen LogP contribution is -2.25. The highest BCUT2D eigenvalue weighted by Gasteiger charge is 2.10. The van der Waals surface area contributed by atoms with Gasteiger partial charge in [0.25, 0.3) is 6.01 Å². The Kier molecular flexibility index (Phi) is 4.34. The van der Waals surface area contributed by atoms with Crippen molar-refractivity contribution in [3.63, 3.8) is 0 Å². The zero-order valence-electron chi connectivity index (χ0n) is 13.6. The van der Waals surface area contributed by atoms with Gasteiger partial charge in [-0.2, -0.15) is 4.98 Å². The van der Waals surface area contributed by atoms with Crippen molar-refractivity contribution in [1.82, 2.24) is 9.88 Å². The maximum atomic E-state index is 5.81. The lowest BCUT2D eigenvalue weighted by Gasteiger charge is -2.15. The zero-order valence-corrected chi connectivity index (χ0v) is 13.6. The Morgan fingerprint density at radius 2 is 1.83 bits per heavy atom. The van der Waals surface area contributed by atoms with Crippen LogP contribution in [0.25, 0.3) is 11.1 Å². The van der Waals surface area contributed by atoms with Gasteiger partial charge < -0.3 is 14.5 Å². The van der Waals surface area contributed by atoms with Crippen LogP contribution in [0.1, 0.15) is 12.8 Å². The van der Waals surface area contributed by atoms with Crippen molar-refractivity contribution in [1.29, 1.82) is 0 Å². The quantitative estimate of drug-likeness (QED) is 0.742. The predicted molar refractivity (Wildman–Crippen MR) is 94.9 cm³/mol. The number of hydrogen-bond donors (Lipinski definition) is 1. The summed E-state index contributed by atoms with van der Waals surface area (Å²) in [6, 6.07) is 16.1. The second-order valence-electron chi connectivity index (χ2n) is 6.03. The van der Waals surface area contributed by atoms with Gasteiger partial charge in [-0.3, -0.25) is 4.90 Å². The summed E-state index contributed by atoms with van der Waals surface area (Å²) in [6.07, 6.45) is 2.63. The van der Waals surface area contributed by atoms with Crippen LogP contribution in [0, 0.1) is 0 Å². The van der Waals surface area contributed by atoms with Gasteiger partial charge in [0.1, 0.15) is 17.9 Å². The highest BCUT2D eigenvalue weighted by atomic mass is 16.5. The number of rotatable bonds is 6. The van der Waals surface area contributed by atoms with Crippen molar-refractivity contribution in [2.45, 2.75) is 12.8 Å². The van der Waals surface area contributed by atoms with Crippen molar-refractivity contribution in [3.8, 4) is 5.75 Å². The molecular weight excluding hydrogens is 302 g/mol. The first-order valence-electron chi connectivity index (χ1n) is 8.45. The van der Waals surface area contributed by atoms with Gasteiger partial charge in [-0.25, -0.2) is 0 Å². The summed E-state index contributed by atoms with van der Waals surface area (Å²) in [5.41, 5.74) is 2.55. The van der Waals surface area contributed by atoms with Gasteiger partial charge in [-0.15, -0.1) is 0 Å². The molecule has 0 radical (unpaired) electrons. The molecule has 0 spiro atoms. The van der Waals surface area contributed by atoms with Gasteiger partial charge in [0.2, 0.25) is 0 Å². The van der Waals surface area contributed by atoms with E-state index in [2.05, 4.69) is 15.2 Å². The number of benzene rings is 2. The smallest absolute Gasteiger partial charge is 0.300 e. The summed E-state index contributed by atoms with van der Waals surface area (Å²) in [7, 11) is 0. The fourth-order valence-corrected chi connectivity index (χ4v) is 2.98. The second-order valence-corrected chi connectivity index (χ2v) is 6.03. The van der Waals surface area contributed by atoms with Crippen LogP contribution in [0.2, 0.25) is 0 Å². The Morgan fingerprint density at radius 3 is 2.62 bits per heavy atom. The monoisotopic (exact) mass is 323 g/mol. The molecule has 1 aliphatic heterocycles. The summed E-state index contributed by atoms with van der Waals surface area (Å²) in [5, 5.41) is 3.18. The van der Waals surface area contributed by atoms with E-state index < -0.39 is 0 Å². The van der Waals surface area contributed by atoms with E-state index in [0.717, 1.165) is 35.7 Å². The summed E-state index contributed by atoms with van der Waals surface area (Å²) < 4.78 is 11.5. The Bertz CT molecular complexity index is 759. The molecule has 1 fully saturated rings. The maximum Gasteiger partial charge on any atom is 0.300 e. The number of para-hydroxylation sites is 2. The molecule has 1 saturated heterocycles. The highest BCUT2D eigenvalue weighted by Crippen LogP contribution is 2.23. The van der Waals surface area contributed by atoms with Crippen LogP contribution < -0.4 is 10.1 Å². The van der Waals surface area contributed by atoms with E-state index in [9.17, 15) is 0 Å². The molecule has 5 heteroatoms. The van der Waals surface area contributed by atoms with Crippen LogP contribution in [0.4, 0.5) is 11.7 Å². The minimum Gasteiger partial charge on any atom is -0.492 e. The largest absolute Gasteiger partial charge is 0.492 e. The van der Waals surface area contributed by atoms with Gasteiger partial charge in [0.05, 0.1) is 0 Å². The summed E-state index contributed by atoms with van der Waals surface area (Å²) in [5.74, 6) is 0.886. The standard InChI is InChI=1S/C19H21N3O2/c1-2-6-18-17(5-1)21-19(24-18)20-15-7-9-16(10-8-15)23-14-13-22-11-3-4-12-22/h1-2,5-10H,3-4,11-14H2,(H,20,21). The number of fused-ring (bicyclic) bond motifs is 1. The fourth-order valence-electron chi connectivity index (χ4n) is 2.98. The van der Waals surface area contributed by atoms with E-state index >= 15 is 0 Å². The Hall–Kier alpha value is -2.53. The molecule has 1 aliphatic rings. The molecule has 2 heterocycles. The third-order valence-corrected chi connectivity index (χ3v) is 4.27. The van der Waals surface area contributed by atoms with Crippen molar-refractivity contribution in [2.75, 3.05) is 31.6 Å². The number of aromatic nitrogens is 1. The molecule has 0 bridgehead atoms. The molecule has 1 aromatic heterocycles. The summed E-state index contributed by atoms with van der Waals surface area (Å²) >= 11 is 0. The molecular formula is C19H21N3O2. The molecule has 3 aromatic rings. The molecule has 2 aromatic carbocycles. The van der Waals surface area contributed by atoms with E-state index in [-0.39, 0.29) is 0 Å². The van der Waals surface area contributed by atoms with E-state index in [4.69, 9.17) is 9.15 Å². The Balaban J connectivity index is 1.33. The first-order chi connectivity index (χ1) is 11.9. The number of ether oxygens (including phenoxy) is 1. The van der Waals surface area contributed by atoms with Crippen LogP contribution in [0.3, 0.4) is 0 Å². The summed E-state index contributed by atoms with van der Waals surface area (Å²) in [4.78, 5) is 6.86. The number of anilines is 2. The number of nitrogens with zero attached hydrogens (tertiary/aromatic N) is 2. The maximum absolute atomic E-state index is 5.81. The average Bonchev–Trinajstić information content (AvgIpc) is 3.25. The Morgan fingerprint density at radius 1 is 1.04 bits per heavy atom. The number of hydrogen-bond acceptors (Lipinski definition) is 5. The molecule has 124 valence electrons. The zero-order chi connectivity index (χ0) is 16.2. The number of nitrogens with one attached hydrogen (secondary N) is 1. The molecule has 0 atom stereocenters. The molecule has 0 unspecified atom stereocenters. The molecule has 4 rings (SSSR count). The number of likely N-dealkylation sites (tertiary alicyclic amines) is 1. The molecule has 0 aliphatic carbocycles. The second kappa shape index (κ2) is 6.93. The molecule has 0 saturated carbocycles. The van der Waals surface area contributed by atoms with Crippen LogP contribution in [0.15, 0.2) is 52.9 Å². The lowest BCUT2D eigenvalue weighted by molar-refractivity contribution is 0.238. The van der Waals surface area contributed by atoms with Gasteiger partial charge in [0.15, 0.2) is 5.58 Å². The van der Waals surface area contributed by atoms with Gasteiger partial charge in [0, 0.05) is 12.2 Å². The Labute approximate surface area is 141 Å². The normalized spacial score (nSPS) is 15.0. The van der Waals surface area contributed by atoms with Crippen molar-refractivity contribution < 1.29 is 9.15 Å². The minimum absolute atomic E-state index is 0.499. The molecule has 5 nitrogen and oxygen atoms in total. The number of oxazole rings is 1. The summed E-state index contributed by atoms with van der Waals surface area (Å²) in [6.45, 7) is 4.15. The molecule has 1 N–H and O–H groups in total. The average molecular weight is 323 g/mol. The van der Waals surface area contributed by atoms with Crippen LogP contribution in [0.5, 0.6) is 5.75 Å². The van der Waals surface area contributed by atoms with E-state index in [1.807, 2.05) is 48.5 Å². The van der Waals surface area contributed by atoms with Gasteiger partial charge >= 0.3 is 0 Å². The van der Waals surface area contributed by atoms with Crippen molar-refractivity contribution >= 4 is 22.8 Å². The van der Waals surface area contributed by atoms with E-state index in [1.165, 1.54) is 25.9 Å². The molecule has 24 heavy (non-hydrogen) atoms. The van der Waals surface area contributed by atoms with E-state index in [0.29, 0.717) is 6.01 Å². The van der Waals surface area contributed by atoms with Gasteiger partial charge in [-0.1, -0.05) is 12.1 Å².